The molecule has 6 aromatic rings. The smallest absolute Gasteiger partial charge is 0.254 e. The summed E-state index contributed by atoms with van der Waals surface area (Å²) in [6.07, 6.45) is 13.5. The van der Waals surface area contributed by atoms with Gasteiger partial charge in [-0.05, 0) is 80.7 Å². The van der Waals surface area contributed by atoms with E-state index in [1.807, 2.05) is 28.9 Å². The highest BCUT2D eigenvalue weighted by Gasteiger charge is 2.25. The Labute approximate surface area is 406 Å². The Morgan fingerprint density at radius 2 is 1.22 bits per heavy atom. The van der Waals surface area contributed by atoms with Gasteiger partial charge in [0.05, 0.1) is 40.0 Å². The van der Waals surface area contributed by atoms with E-state index in [1.54, 1.807) is 25.1 Å². The number of hydrogen-bond donors (Lipinski definition) is 4. The maximum atomic E-state index is 11.7. The van der Waals surface area contributed by atoms with E-state index in [0.717, 1.165) is 81.4 Å². The molecule has 17 nitrogen and oxygen atoms in total. The van der Waals surface area contributed by atoms with Crippen LogP contribution in [0.15, 0.2) is 73.2 Å². The molecule has 0 amide bonds. The van der Waals surface area contributed by atoms with Gasteiger partial charge in [-0.25, -0.2) is 46.1 Å². The molecule has 0 aliphatic heterocycles. The maximum absolute atomic E-state index is 11.7. The van der Waals surface area contributed by atoms with Gasteiger partial charge in [0.2, 0.25) is 9.05 Å². The summed E-state index contributed by atoms with van der Waals surface area (Å²) in [5.74, 6) is 0.813. The number of sulfonamides is 1. The lowest BCUT2D eigenvalue weighted by molar-refractivity contribution is 0.321. The summed E-state index contributed by atoms with van der Waals surface area (Å²) in [7, 11) is -2.17. The van der Waals surface area contributed by atoms with Crippen molar-refractivity contribution in [3.8, 4) is 0 Å². The average molecular weight is 1000 g/mol. The minimum absolute atomic E-state index is 0.0613. The van der Waals surface area contributed by atoms with Crippen LogP contribution in [0.3, 0.4) is 0 Å². The number of anilines is 4. The highest BCUT2D eigenvalue weighted by molar-refractivity contribution is 8.13. The van der Waals surface area contributed by atoms with E-state index in [9.17, 15) is 16.8 Å². The summed E-state index contributed by atoms with van der Waals surface area (Å²) in [5.41, 5.74) is 24.7. The zero-order valence-corrected chi connectivity index (χ0v) is 42.1. The minimum atomic E-state index is -3.56. The Morgan fingerprint density at radius 3 is 1.60 bits per heavy atom. The molecule has 21 heteroatoms. The van der Waals surface area contributed by atoms with Gasteiger partial charge in [0.15, 0.2) is 11.3 Å². The van der Waals surface area contributed by atoms with Crippen molar-refractivity contribution in [1.29, 1.82) is 0 Å². The van der Waals surface area contributed by atoms with Crippen LogP contribution in [0.4, 0.5) is 23.0 Å². The molecule has 0 bridgehead atoms. The summed E-state index contributed by atoms with van der Waals surface area (Å²) >= 11 is 5.02. The number of nitrogens with one attached hydrogen (secondary N) is 1. The van der Waals surface area contributed by atoms with Gasteiger partial charge in [-0.2, -0.15) is 10.2 Å². The van der Waals surface area contributed by atoms with Gasteiger partial charge in [0.1, 0.15) is 24.3 Å². The number of benzene rings is 2. The Hall–Kier alpha value is -5.08. The van der Waals surface area contributed by atoms with Crippen LogP contribution in [0, 0.1) is 0 Å². The van der Waals surface area contributed by atoms with Crippen LogP contribution in [0.25, 0.3) is 22.1 Å². The minimum Gasteiger partial charge on any atom is -0.399 e. The molecule has 2 aliphatic carbocycles. The number of hydrogen-bond acceptors (Lipinski definition) is 14. The molecule has 0 unspecified atom stereocenters. The number of alkyl halides is 1. The van der Waals surface area contributed by atoms with Crippen molar-refractivity contribution in [1.82, 2.24) is 44.4 Å². The van der Waals surface area contributed by atoms with Crippen molar-refractivity contribution in [2.24, 2.45) is 0 Å². The van der Waals surface area contributed by atoms with Crippen molar-refractivity contribution >= 4 is 86.4 Å². The highest BCUT2D eigenvalue weighted by atomic mass is 35.7. The first kappa shape index (κ1) is 52.9. The third-order valence-corrected chi connectivity index (χ3v) is 13.8. The number of rotatable bonds is 14. The molecule has 0 radical (unpaired) electrons. The molecule has 0 atom stereocenters. The van der Waals surface area contributed by atoms with Gasteiger partial charge in [0.25, 0.3) is 10.0 Å². The molecule has 7 N–H and O–H groups in total. The van der Waals surface area contributed by atoms with Gasteiger partial charge in [-0.15, -0.1) is 11.6 Å². The van der Waals surface area contributed by atoms with E-state index in [4.69, 9.17) is 51.1 Å². The standard InChI is InChI=1S/C19H22N6O2S.C17H20N6.C6H15N.C2H4Cl2O2S.C2H6/c1-2-28(26,27)24-14-7-5-6-13(10-14)11-16-17-18(20)21-12-22-19(17)25(23-16)15-8-3-4-9-15;18-12-5-3-4-11(8-12)9-14-15-16(19)20-10-21-17(15)23(22-14)13-6-1-2-7-13;1-4-7(5-2)6-3;3-1-2-7(4,5)6;1-2/h2,5-7,10,12,15,24H,1,3-4,8-9,11H2,(H2,20,21,22);3-5,8,10,13H,1-2,6-7,9,18H2,(H2,19,20,21);4-6H2,1-3H3;1-2H2;1-2H3/i;;;;1D. The summed E-state index contributed by atoms with van der Waals surface area (Å²) in [4.78, 5) is 19.6. The van der Waals surface area contributed by atoms with Gasteiger partial charge in [-0.1, -0.05) is 91.1 Å². The zero-order valence-electron chi connectivity index (χ0n) is 40.0. The lowest BCUT2D eigenvalue weighted by Gasteiger charge is -2.13. The fraction of sp³-hybridized carbons (Fsp3) is 0.478. The molecule has 2 aliphatic rings. The molecule has 0 spiro atoms. The monoisotopic (exact) mass is 1000 g/mol. The molecule has 4 heterocycles. The van der Waals surface area contributed by atoms with E-state index in [1.165, 1.54) is 58.0 Å². The SMILES string of the molecule is C=CS(=O)(=O)Nc1cccc(Cc2nn(C3CCCC3)c3ncnc(N)c23)c1.CCN(CC)CC.Nc1cccc(Cc2nn(C3CCCC3)c3ncnc(N)c23)c1.O=S(=O)(Cl)CCCl.[2H]CC. The Bertz CT molecular complexity index is 2740. The van der Waals surface area contributed by atoms with Crippen LogP contribution in [0.2, 0.25) is 0 Å². The molecule has 366 valence electrons. The molecular formula is C46H67Cl2N13O4S2. The van der Waals surface area contributed by atoms with Crippen LogP contribution < -0.4 is 21.9 Å². The lowest BCUT2D eigenvalue weighted by atomic mass is 10.1. The number of nitrogens with two attached hydrogens (primary N) is 3. The summed E-state index contributed by atoms with van der Waals surface area (Å²) in [6, 6.07) is 15.8. The summed E-state index contributed by atoms with van der Waals surface area (Å²) in [5, 5.41) is 12.2. The van der Waals surface area contributed by atoms with Gasteiger partial charge in [-0.3, -0.25) is 4.72 Å². The maximum Gasteiger partial charge on any atom is 0.254 e. The first-order valence-electron chi connectivity index (χ1n) is 23.3. The fourth-order valence-corrected chi connectivity index (χ4v) is 9.79. The molecule has 2 fully saturated rings. The van der Waals surface area contributed by atoms with Crippen LogP contribution in [-0.4, -0.2) is 92.5 Å². The molecule has 4 aromatic heterocycles. The van der Waals surface area contributed by atoms with Crippen molar-refractivity contribution in [3.63, 3.8) is 0 Å². The number of nitrogens with zero attached hydrogens (tertiary/aromatic N) is 9. The predicted octanol–water partition coefficient (Wildman–Crippen LogP) is 8.86. The van der Waals surface area contributed by atoms with Crippen molar-refractivity contribution in [2.45, 2.75) is 111 Å². The van der Waals surface area contributed by atoms with Crippen LogP contribution in [0.1, 0.15) is 122 Å². The Morgan fingerprint density at radius 1 is 0.776 bits per heavy atom. The van der Waals surface area contributed by atoms with E-state index < -0.39 is 19.1 Å². The number of halogens is 2. The third-order valence-electron chi connectivity index (χ3n) is 11.3. The third kappa shape index (κ3) is 16.0. The summed E-state index contributed by atoms with van der Waals surface area (Å²) in [6.45, 7) is 15.7. The number of nitrogen functional groups attached to an aromatic ring is 3. The van der Waals surface area contributed by atoms with E-state index in [-0.39, 0.29) is 11.6 Å². The van der Waals surface area contributed by atoms with Gasteiger partial charge >= 0.3 is 0 Å². The summed E-state index contributed by atoms with van der Waals surface area (Å²) < 4.78 is 56.0. The van der Waals surface area contributed by atoms with E-state index in [0.29, 0.717) is 49.1 Å². The molecule has 2 aromatic carbocycles. The lowest BCUT2D eigenvalue weighted by Crippen LogP contribution is -2.21. The van der Waals surface area contributed by atoms with Crippen LogP contribution >= 0.6 is 22.3 Å². The van der Waals surface area contributed by atoms with Crippen molar-refractivity contribution < 1.29 is 18.2 Å². The molecule has 67 heavy (non-hydrogen) atoms. The topological polar surface area (TPSA) is 249 Å². The van der Waals surface area contributed by atoms with Gasteiger partial charge < -0.3 is 22.1 Å². The van der Waals surface area contributed by atoms with Crippen LogP contribution in [-0.2, 0) is 31.9 Å². The highest BCUT2D eigenvalue weighted by Crippen LogP contribution is 2.35. The molecule has 8 rings (SSSR count). The molecule has 0 saturated heterocycles. The van der Waals surface area contributed by atoms with Crippen molar-refractivity contribution in [2.75, 3.05) is 53.2 Å². The largest absolute Gasteiger partial charge is 0.399 e. The van der Waals surface area contributed by atoms with Gasteiger partial charge in [0, 0.05) is 47.6 Å². The second kappa shape index (κ2) is 26.5. The van der Waals surface area contributed by atoms with E-state index >= 15 is 0 Å². The number of fused-ring (bicyclic) bond motifs is 2. The Balaban J connectivity index is 0.000000224. The van der Waals surface area contributed by atoms with Crippen LogP contribution in [0.5, 0.6) is 0 Å². The average Bonchev–Trinajstić information content (AvgIpc) is 4.14. The van der Waals surface area contributed by atoms with Crippen molar-refractivity contribution in [3.05, 3.63) is 95.7 Å². The first-order valence-corrected chi connectivity index (χ1v) is 27.1. The number of aromatic nitrogens is 8. The molecular weight excluding hydrogens is 934 g/mol. The Kier molecular flexibility index (Phi) is 20.9. The predicted molar refractivity (Wildman–Crippen MR) is 275 cm³/mol. The quantitative estimate of drug-likeness (QED) is 0.0452. The zero-order chi connectivity index (χ0) is 49.9. The fourth-order valence-electron chi connectivity index (χ4n) is 7.99. The van der Waals surface area contributed by atoms with E-state index in [2.05, 4.69) is 67.7 Å². The normalized spacial score (nSPS) is 14.2. The molecule has 2 saturated carbocycles. The first-order chi connectivity index (χ1) is 32.5. The second-order valence-corrected chi connectivity index (χ2v) is 20.6. The second-order valence-electron chi connectivity index (χ2n) is 15.7.